The number of nitrogens with zero attached hydrogens (tertiary/aromatic N) is 1. The molecule has 1 aliphatic heterocycles. The number of methoxy groups -OCH3 is 1. The number of rotatable bonds is 6. The van der Waals surface area contributed by atoms with Gasteiger partial charge in [0, 0.05) is 25.7 Å². The van der Waals surface area contributed by atoms with Gasteiger partial charge in [-0.25, -0.2) is 4.79 Å². The van der Waals surface area contributed by atoms with Gasteiger partial charge < -0.3 is 19.9 Å². The summed E-state index contributed by atoms with van der Waals surface area (Å²) < 4.78 is 10.0. The lowest BCUT2D eigenvalue weighted by Gasteiger charge is -2.36. The molecule has 1 aromatic carbocycles. The zero-order valence-electron chi connectivity index (χ0n) is 13.8. The van der Waals surface area contributed by atoms with Gasteiger partial charge in [0.1, 0.15) is 6.61 Å². The van der Waals surface area contributed by atoms with Crippen LogP contribution < -0.4 is 5.32 Å². The summed E-state index contributed by atoms with van der Waals surface area (Å²) in [4.78, 5) is 25.7. The van der Waals surface area contributed by atoms with Crippen molar-refractivity contribution in [1.29, 1.82) is 0 Å². The smallest absolute Gasteiger partial charge is 0.407 e. The Morgan fingerprint density at radius 3 is 2.71 bits per heavy atom. The van der Waals surface area contributed by atoms with E-state index in [0.717, 1.165) is 5.56 Å². The number of aliphatic hydroxyl groups excluding tert-OH is 1. The zero-order valence-corrected chi connectivity index (χ0v) is 13.8. The number of alkyl carbamates (subject to hydrolysis) is 1. The maximum atomic E-state index is 12.0. The van der Waals surface area contributed by atoms with Crippen LogP contribution in [0.2, 0.25) is 0 Å². The van der Waals surface area contributed by atoms with Gasteiger partial charge in [-0.1, -0.05) is 30.3 Å². The van der Waals surface area contributed by atoms with E-state index in [9.17, 15) is 9.59 Å². The van der Waals surface area contributed by atoms with Gasteiger partial charge >= 0.3 is 12.1 Å². The van der Waals surface area contributed by atoms with E-state index in [-0.39, 0.29) is 31.1 Å². The van der Waals surface area contributed by atoms with Crippen LogP contribution in [0.4, 0.5) is 4.79 Å². The number of β-amino-alcohol motifs (C(OH)–C–C–N with tert-alkyl or cyclic N) is 1. The Kier molecular flexibility index (Phi) is 7.02. The van der Waals surface area contributed by atoms with Gasteiger partial charge in [0.25, 0.3) is 0 Å². The van der Waals surface area contributed by atoms with Crippen LogP contribution in [-0.2, 0) is 20.9 Å². The second kappa shape index (κ2) is 9.24. The minimum Gasteiger partial charge on any atom is -0.469 e. The standard InChI is InChI=1S/C17H24N2O5/c1-23-16(21)14-9-15(11-19(10-14)7-8-20)18-17(22)24-12-13-5-3-2-4-6-13/h2-6,14-15,20H,7-12H2,1H3,(H,18,22). The third kappa shape index (κ3) is 5.50. The van der Waals surface area contributed by atoms with Gasteiger partial charge in [-0.05, 0) is 12.0 Å². The Morgan fingerprint density at radius 2 is 2.04 bits per heavy atom. The van der Waals surface area contributed by atoms with Crippen LogP contribution in [0.25, 0.3) is 0 Å². The van der Waals surface area contributed by atoms with Crippen LogP contribution >= 0.6 is 0 Å². The molecule has 1 amide bonds. The highest BCUT2D eigenvalue weighted by Crippen LogP contribution is 2.18. The topological polar surface area (TPSA) is 88.1 Å². The van der Waals surface area contributed by atoms with Crippen molar-refractivity contribution in [3.8, 4) is 0 Å². The van der Waals surface area contributed by atoms with Crippen molar-refractivity contribution in [1.82, 2.24) is 10.2 Å². The fourth-order valence-corrected chi connectivity index (χ4v) is 2.89. The zero-order chi connectivity index (χ0) is 17.4. The van der Waals surface area contributed by atoms with Crippen molar-refractivity contribution >= 4 is 12.1 Å². The molecule has 1 aliphatic rings. The lowest BCUT2D eigenvalue weighted by atomic mass is 9.94. The molecule has 0 spiro atoms. The van der Waals surface area contributed by atoms with E-state index in [1.807, 2.05) is 35.2 Å². The first-order chi connectivity index (χ1) is 11.6. The first-order valence-corrected chi connectivity index (χ1v) is 8.00. The average molecular weight is 336 g/mol. The summed E-state index contributed by atoms with van der Waals surface area (Å²) in [5.74, 6) is -0.628. The fraction of sp³-hybridized carbons (Fsp3) is 0.529. The van der Waals surface area contributed by atoms with Gasteiger partial charge in [0.15, 0.2) is 0 Å². The van der Waals surface area contributed by atoms with Crippen molar-refractivity contribution in [2.24, 2.45) is 5.92 Å². The predicted octanol–water partition coefficient (Wildman–Crippen LogP) is 0.769. The average Bonchev–Trinajstić information content (AvgIpc) is 2.60. The normalized spacial score (nSPS) is 21.1. The number of nitrogens with one attached hydrogen (secondary N) is 1. The number of carbonyl (C=O) groups excluding carboxylic acids is 2. The number of piperidine rings is 1. The Hall–Kier alpha value is -2.12. The van der Waals surface area contributed by atoms with Crippen LogP contribution in [0.5, 0.6) is 0 Å². The van der Waals surface area contributed by atoms with Gasteiger partial charge in [0.05, 0.1) is 19.6 Å². The highest BCUT2D eigenvalue weighted by molar-refractivity contribution is 5.73. The van der Waals surface area contributed by atoms with Crippen LogP contribution in [0.15, 0.2) is 30.3 Å². The van der Waals surface area contributed by atoms with Gasteiger partial charge in [-0.3, -0.25) is 9.69 Å². The maximum Gasteiger partial charge on any atom is 0.407 e. The van der Waals surface area contributed by atoms with E-state index in [1.54, 1.807) is 0 Å². The van der Waals surface area contributed by atoms with Crippen LogP contribution in [0, 0.1) is 5.92 Å². The number of esters is 1. The molecule has 1 aromatic rings. The van der Waals surface area contributed by atoms with E-state index >= 15 is 0 Å². The summed E-state index contributed by atoms with van der Waals surface area (Å²) in [6, 6.07) is 9.19. The molecule has 24 heavy (non-hydrogen) atoms. The number of ether oxygens (including phenoxy) is 2. The molecule has 7 nitrogen and oxygen atoms in total. The van der Waals surface area contributed by atoms with Gasteiger partial charge in [-0.15, -0.1) is 0 Å². The monoisotopic (exact) mass is 336 g/mol. The van der Waals surface area contributed by atoms with E-state index in [1.165, 1.54) is 7.11 Å². The summed E-state index contributed by atoms with van der Waals surface area (Å²) in [7, 11) is 1.35. The summed E-state index contributed by atoms with van der Waals surface area (Å²) in [6.07, 6.45) is -0.0204. The molecular weight excluding hydrogens is 312 g/mol. The fourth-order valence-electron chi connectivity index (χ4n) is 2.89. The second-order valence-corrected chi connectivity index (χ2v) is 5.84. The highest BCUT2D eigenvalue weighted by atomic mass is 16.5. The predicted molar refractivity (Wildman–Crippen MR) is 87.2 cm³/mol. The first kappa shape index (κ1) is 18.2. The number of hydrogen-bond donors (Lipinski definition) is 2. The molecule has 1 saturated heterocycles. The van der Waals surface area contributed by atoms with Crippen molar-refractivity contribution in [3.63, 3.8) is 0 Å². The largest absolute Gasteiger partial charge is 0.469 e. The van der Waals surface area contributed by atoms with Gasteiger partial charge in [0.2, 0.25) is 0 Å². The second-order valence-electron chi connectivity index (χ2n) is 5.84. The molecule has 1 fully saturated rings. The minimum absolute atomic E-state index is 0.000926. The molecule has 2 unspecified atom stereocenters. The molecule has 0 aliphatic carbocycles. The van der Waals surface area contributed by atoms with Crippen molar-refractivity contribution in [2.45, 2.75) is 19.1 Å². The molecular formula is C17H24N2O5. The SMILES string of the molecule is COC(=O)C1CC(NC(=O)OCc2ccccc2)CN(CCO)C1. The third-order valence-electron chi connectivity index (χ3n) is 4.01. The maximum absolute atomic E-state index is 12.0. The van der Waals surface area contributed by atoms with E-state index < -0.39 is 6.09 Å². The lowest BCUT2D eigenvalue weighted by Crippen LogP contribution is -2.53. The third-order valence-corrected chi connectivity index (χ3v) is 4.01. The van der Waals surface area contributed by atoms with Crippen LogP contribution in [0.3, 0.4) is 0 Å². The van der Waals surface area contributed by atoms with E-state index in [0.29, 0.717) is 26.1 Å². The summed E-state index contributed by atoms with van der Waals surface area (Å²) in [5, 5.41) is 11.9. The Labute approximate surface area is 141 Å². The summed E-state index contributed by atoms with van der Waals surface area (Å²) in [6.45, 7) is 1.73. The molecule has 0 aromatic heterocycles. The molecule has 132 valence electrons. The quantitative estimate of drug-likeness (QED) is 0.746. The molecule has 0 bridgehead atoms. The molecule has 2 atom stereocenters. The minimum atomic E-state index is -0.515. The summed E-state index contributed by atoms with van der Waals surface area (Å²) >= 11 is 0. The van der Waals surface area contributed by atoms with Crippen molar-refractivity contribution in [2.75, 3.05) is 33.4 Å². The number of carbonyl (C=O) groups is 2. The van der Waals surface area contributed by atoms with Crippen molar-refractivity contribution < 1.29 is 24.2 Å². The van der Waals surface area contributed by atoms with Crippen molar-refractivity contribution in [3.05, 3.63) is 35.9 Å². The van der Waals surface area contributed by atoms with Crippen LogP contribution in [-0.4, -0.2) is 61.5 Å². The molecule has 0 radical (unpaired) electrons. The summed E-state index contributed by atoms with van der Waals surface area (Å²) in [5.41, 5.74) is 0.908. The Morgan fingerprint density at radius 1 is 1.29 bits per heavy atom. The number of benzene rings is 1. The highest BCUT2D eigenvalue weighted by Gasteiger charge is 2.33. The molecule has 2 N–H and O–H groups in total. The Balaban J connectivity index is 1.86. The number of aliphatic hydroxyl groups is 1. The number of hydrogen-bond acceptors (Lipinski definition) is 6. The molecule has 7 heteroatoms. The number of likely N-dealkylation sites (tertiary alicyclic amines) is 1. The Bertz CT molecular complexity index is 537. The van der Waals surface area contributed by atoms with Crippen LogP contribution in [0.1, 0.15) is 12.0 Å². The van der Waals surface area contributed by atoms with E-state index in [2.05, 4.69) is 5.32 Å². The first-order valence-electron chi connectivity index (χ1n) is 8.00. The molecule has 2 rings (SSSR count). The number of amides is 1. The van der Waals surface area contributed by atoms with Gasteiger partial charge in [-0.2, -0.15) is 0 Å². The molecule has 1 heterocycles. The van der Waals surface area contributed by atoms with E-state index in [4.69, 9.17) is 14.6 Å². The lowest BCUT2D eigenvalue weighted by molar-refractivity contribution is -0.147. The molecule has 0 saturated carbocycles.